The first-order valence-electron chi connectivity index (χ1n) is 7.70. The Morgan fingerprint density at radius 3 is 1.47 bits per heavy atom. The van der Waals surface area contributed by atoms with Crippen molar-refractivity contribution >= 4 is 13.9 Å². The zero-order valence-electron chi connectivity index (χ0n) is 13.4. The summed E-state index contributed by atoms with van der Waals surface area (Å²) in [4.78, 5) is 9.54. The highest BCUT2D eigenvalue weighted by atomic mass is 31.1. The summed E-state index contributed by atoms with van der Waals surface area (Å²) in [5.41, 5.74) is 0. The van der Waals surface area contributed by atoms with Crippen molar-refractivity contribution in [3.63, 3.8) is 0 Å². The van der Waals surface area contributed by atoms with E-state index in [9.17, 15) is 4.79 Å². The third-order valence-corrected chi connectivity index (χ3v) is 5.66. The zero-order chi connectivity index (χ0) is 14.9. The number of hydrogen-bond donors (Lipinski definition) is 2. The molecule has 0 rings (SSSR count). The van der Waals surface area contributed by atoms with E-state index in [0.717, 1.165) is 0 Å². The predicted octanol–water partition coefficient (Wildman–Crippen LogP) is 4.16. The van der Waals surface area contributed by atoms with Gasteiger partial charge in [0.05, 0.1) is 6.54 Å². The van der Waals surface area contributed by atoms with Crippen molar-refractivity contribution in [2.75, 3.05) is 32.1 Å². The number of carboxylic acids is 1. The molecule has 0 amide bonds. The highest BCUT2D eigenvalue weighted by Gasteiger charge is 2.05. The maximum absolute atomic E-state index is 9.54. The topological polar surface area (TPSA) is 49.3 Å². The van der Waals surface area contributed by atoms with Gasteiger partial charge in [0.1, 0.15) is 0 Å². The van der Waals surface area contributed by atoms with Crippen molar-refractivity contribution in [2.24, 2.45) is 0 Å². The average molecular weight is 291 g/mol. The van der Waals surface area contributed by atoms with E-state index in [2.05, 4.69) is 26.1 Å². The number of nitrogens with one attached hydrogen (secondary N) is 1. The Kier molecular flexibility index (Phi) is 19.9. The summed E-state index contributed by atoms with van der Waals surface area (Å²) in [6.07, 6.45) is 13.2. The summed E-state index contributed by atoms with van der Waals surface area (Å²) in [5, 5.41) is 10.3. The highest BCUT2D eigenvalue weighted by molar-refractivity contribution is 7.57. The van der Waals surface area contributed by atoms with Crippen molar-refractivity contribution < 1.29 is 9.90 Å². The van der Waals surface area contributed by atoms with Gasteiger partial charge in [-0.05, 0) is 44.8 Å². The second kappa shape index (κ2) is 17.9. The summed E-state index contributed by atoms with van der Waals surface area (Å²) in [5.74, 6) is -0.822. The van der Waals surface area contributed by atoms with Crippen LogP contribution in [0.3, 0.4) is 0 Å². The van der Waals surface area contributed by atoms with Gasteiger partial charge >= 0.3 is 5.97 Å². The van der Waals surface area contributed by atoms with Crippen molar-refractivity contribution in [3.05, 3.63) is 0 Å². The van der Waals surface area contributed by atoms with E-state index >= 15 is 0 Å². The van der Waals surface area contributed by atoms with E-state index in [0.29, 0.717) is 7.92 Å². The number of rotatable bonds is 11. The monoisotopic (exact) mass is 291 g/mol. The second-order valence-electron chi connectivity index (χ2n) is 4.83. The molecule has 116 valence electrons. The summed E-state index contributed by atoms with van der Waals surface area (Å²) in [6, 6.07) is 0. The van der Waals surface area contributed by atoms with Crippen LogP contribution in [0.4, 0.5) is 0 Å². The quantitative estimate of drug-likeness (QED) is 0.562. The fourth-order valence-corrected chi connectivity index (χ4v) is 4.59. The van der Waals surface area contributed by atoms with E-state index in [4.69, 9.17) is 5.11 Å². The average Bonchev–Trinajstić information content (AvgIpc) is 2.38. The molecule has 0 aliphatic rings. The molecule has 0 bridgehead atoms. The highest BCUT2D eigenvalue weighted by Crippen LogP contribution is 2.38. The van der Waals surface area contributed by atoms with E-state index in [1.54, 1.807) is 25.5 Å². The Morgan fingerprint density at radius 2 is 1.32 bits per heavy atom. The van der Waals surface area contributed by atoms with E-state index in [-0.39, 0.29) is 6.54 Å². The van der Waals surface area contributed by atoms with Crippen LogP contribution in [0.5, 0.6) is 0 Å². The van der Waals surface area contributed by atoms with Crippen molar-refractivity contribution in [3.8, 4) is 0 Å². The Bertz CT molecular complexity index is 170. The molecule has 0 radical (unpaired) electrons. The number of carbonyl (C=O) groups is 1. The largest absolute Gasteiger partial charge is 0.480 e. The summed E-state index contributed by atoms with van der Waals surface area (Å²) in [7, 11) is 2.01. The van der Waals surface area contributed by atoms with Crippen LogP contribution in [0, 0.1) is 0 Å². The minimum Gasteiger partial charge on any atom is -0.480 e. The smallest absolute Gasteiger partial charge is 0.317 e. The number of aliphatic carboxylic acids is 1. The fourth-order valence-electron chi connectivity index (χ4n) is 1.63. The van der Waals surface area contributed by atoms with Crippen LogP contribution in [0.1, 0.15) is 59.3 Å². The number of unbranched alkanes of at least 4 members (excludes halogenated alkanes) is 3. The lowest BCUT2D eigenvalue weighted by molar-refractivity contribution is -0.135. The molecular weight excluding hydrogens is 257 g/mol. The molecule has 19 heavy (non-hydrogen) atoms. The summed E-state index contributed by atoms with van der Waals surface area (Å²) >= 11 is 0. The van der Waals surface area contributed by atoms with Crippen molar-refractivity contribution in [1.29, 1.82) is 0 Å². The minimum atomic E-state index is -0.822. The lowest BCUT2D eigenvalue weighted by atomic mass is 10.4. The standard InChI is InChI=1S/C12H27P.C3H7NO2/c1-4-7-10-13(11-8-5-2)12-9-6-3;1-4-2-3(5)6/h4-12H2,1-3H3;4H,2H2,1H3,(H,5,6). The molecule has 0 heterocycles. The first kappa shape index (κ1) is 21.2. The Hall–Kier alpha value is -0.140. The van der Waals surface area contributed by atoms with Crippen LogP contribution >= 0.6 is 7.92 Å². The molecule has 0 unspecified atom stereocenters. The van der Waals surface area contributed by atoms with Gasteiger partial charge in [-0.15, -0.1) is 7.92 Å². The number of hydrogen-bond acceptors (Lipinski definition) is 2. The van der Waals surface area contributed by atoms with Gasteiger partial charge in [-0.2, -0.15) is 0 Å². The molecule has 0 fully saturated rings. The Morgan fingerprint density at radius 1 is 0.947 bits per heavy atom. The molecule has 4 heteroatoms. The van der Waals surface area contributed by atoms with E-state index < -0.39 is 5.97 Å². The van der Waals surface area contributed by atoms with Crippen LogP contribution in [-0.2, 0) is 4.79 Å². The zero-order valence-corrected chi connectivity index (χ0v) is 14.3. The molecule has 0 aromatic heterocycles. The molecular formula is C15H34NO2P. The predicted molar refractivity (Wildman–Crippen MR) is 87.8 cm³/mol. The molecule has 0 saturated carbocycles. The Balaban J connectivity index is 0. The van der Waals surface area contributed by atoms with E-state index in [1.165, 1.54) is 38.5 Å². The van der Waals surface area contributed by atoms with Crippen LogP contribution in [0.25, 0.3) is 0 Å². The van der Waals surface area contributed by atoms with Gasteiger partial charge in [0, 0.05) is 0 Å². The van der Waals surface area contributed by atoms with Gasteiger partial charge in [0.25, 0.3) is 0 Å². The second-order valence-corrected chi connectivity index (χ2v) is 7.51. The third kappa shape index (κ3) is 20.3. The molecule has 0 spiro atoms. The third-order valence-electron chi connectivity index (χ3n) is 2.81. The molecule has 0 aromatic carbocycles. The molecule has 0 aromatic rings. The van der Waals surface area contributed by atoms with Gasteiger partial charge < -0.3 is 10.4 Å². The minimum absolute atomic E-state index is 0.0417. The first-order chi connectivity index (χ1) is 9.12. The number of likely N-dealkylation sites (N-methyl/N-ethyl adjacent to an activating group) is 1. The molecule has 0 aliphatic heterocycles. The fraction of sp³-hybridized carbons (Fsp3) is 0.933. The molecule has 0 saturated heterocycles. The lowest BCUT2D eigenvalue weighted by Gasteiger charge is -2.16. The van der Waals surface area contributed by atoms with E-state index in [1.807, 2.05) is 0 Å². The molecule has 2 N–H and O–H groups in total. The van der Waals surface area contributed by atoms with Crippen molar-refractivity contribution in [2.45, 2.75) is 59.3 Å². The SMILES string of the molecule is CCCCP(CCCC)CCCC.CNCC(=O)O. The Labute approximate surface area is 121 Å². The first-order valence-corrected chi connectivity index (χ1v) is 9.60. The van der Waals surface area contributed by atoms with Crippen LogP contribution in [-0.4, -0.2) is 43.2 Å². The molecule has 0 atom stereocenters. The molecule has 0 aliphatic carbocycles. The van der Waals surface area contributed by atoms with Crippen LogP contribution < -0.4 is 5.32 Å². The van der Waals surface area contributed by atoms with Crippen molar-refractivity contribution in [1.82, 2.24) is 5.32 Å². The maximum atomic E-state index is 9.54. The summed E-state index contributed by atoms with van der Waals surface area (Å²) in [6.45, 7) is 6.98. The van der Waals surface area contributed by atoms with Crippen LogP contribution in [0.15, 0.2) is 0 Å². The van der Waals surface area contributed by atoms with Gasteiger partial charge in [0.2, 0.25) is 0 Å². The summed E-state index contributed by atoms with van der Waals surface area (Å²) < 4.78 is 0. The maximum Gasteiger partial charge on any atom is 0.317 e. The normalized spacial score (nSPS) is 10.2. The van der Waals surface area contributed by atoms with Gasteiger partial charge in [-0.25, -0.2) is 0 Å². The van der Waals surface area contributed by atoms with Gasteiger partial charge in [-0.3, -0.25) is 4.79 Å². The van der Waals surface area contributed by atoms with Gasteiger partial charge in [0.15, 0.2) is 0 Å². The number of carboxylic acid groups (broad SMARTS) is 1. The lowest BCUT2D eigenvalue weighted by Crippen LogP contribution is -2.16. The van der Waals surface area contributed by atoms with Gasteiger partial charge in [-0.1, -0.05) is 40.0 Å². The molecule has 3 nitrogen and oxygen atoms in total. The van der Waals surface area contributed by atoms with Crippen LogP contribution in [0.2, 0.25) is 0 Å².